The minimum atomic E-state index is -0.461. The van der Waals surface area contributed by atoms with Crippen LogP contribution in [0.1, 0.15) is 20.8 Å². The van der Waals surface area contributed by atoms with Gasteiger partial charge in [-0.25, -0.2) is 0 Å². The van der Waals surface area contributed by atoms with Gasteiger partial charge in [-0.05, 0) is 27.0 Å². The van der Waals surface area contributed by atoms with E-state index >= 15 is 0 Å². The van der Waals surface area contributed by atoms with Crippen molar-refractivity contribution >= 4 is 11.8 Å². The maximum absolute atomic E-state index is 9.19. The molecule has 1 aliphatic rings. The Kier molecular flexibility index (Phi) is 5.53. The van der Waals surface area contributed by atoms with E-state index in [4.69, 9.17) is 9.47 Å². The molecule has 96 valence electrons. The number of nitrogens with one attached hydrogen (secondary N) is 1. The Morgan fingerprint density at radius 2 is 2.00 bits per heavy atom. The zero-order valence-corrected chi connectivity index (χ0v) is 11.3. The van der Waals surface area contributed by atoms with Crippen molar-refractivity contribution in [1.82, 2.24) is 5.32 Å². The highest BCUT2D eigenvalue weighted by atomic mass is 32.2. The number of hydrogen-bond acceptors (Lipinski definition) is 5. The highest BCUT2D eigenvalue weighted by molar-refractivity contribution is 7.99. The van der Waals surface area contributed by atoms with Crippen LogP contribution < -0.4 is 5.32 Å². The van der Waals surface area contributed by atoms with E-state index in [9.17, 15) is 5.11 Å². The number of thioether (sulfide) groups is 1. The third kappa shape index (κ3) is 4.22. The lowest BCUT2D eigenvalue weighted by molar-refractivity contribution is -0.253. The first-order chi connectivity index (χ1) is 7.48. The minimum absolute atomic E-state index is 0.190. The minimum Gasteiger partial charge on any atom is -0.395 e. The Bertz CT molecular complexity index is 199. The van der Waals surface area contributed by atoms with Gasteiger partial charge in [0.15, 0.2) is 5.79 Å². The molecule has 5 heteroatoms. The molecule has 0 aliphatic carbocycles. The lowest BCUT2D eigenvalue weighted by atomic mass is 10.2. The van der Waals surface area contributed by atoms with Crippen LogP contribution in [0.4, 0.5) is 0 Å². The fourth-order valence-corrected chi connectivity index (χ4v) is 2.34. The molecule has 1 fully saturated rings. The lowest BCUT2D eigenvalue weighted by Gasteiger charge is -2.37. The molecule has 2 N–H and O–H groups in total. The van der Waals surface area contributed by atoms with E-state index in [1.54, 1.807) is 11.8 Å². The Hall–Kier alpha value is 0.190. The van der Waals surface area contributed by atoms with E-state index < -0.39 is 5.79 Å². The quantitative estimate of drug-likeness (QED) is 0.756. The molecule has 2 atom stereocenters. The Morgan fingerprint density at radius 1 is 1.44 bits per heavy atom. The summed E-state index contributed by atoms with van der Waals surface area (Å²) in [4.78, 5) is 0. The van der Waals surface area contributed by atoms with Crippen LogP contribution in [0, 0.1) is 0 Å². The van der Waals surface area contributed by atoms with Crippen molar-refractivity contribution in [3.8, 4) is 0 Å². The second-order valence-electron chi connectivity index (χ2n) is 4.63. The maximum Gasteiger partial charge on any atom is 0.162 e. The summed E-state index contributed by atoms with van der Waals surface area (Å²) in [5, 5.41) is 12.8. The number of hydrogen-bond donors (Lipinski definition) is 2. The van der Waals surface area contributed by atoms with E-state index in [1.165, 1.54) is 0 Å². The van der Waals surface area contributed by atoms with Gasteiger partial charge in [0.2, 0.25) is 0 Å². The van der Waals surface area contributed by atoms with Gasteiger partial charge in [-0.1, -0.05) is 0 Å². The number of rotatable bonds is 5. The van der Waals surface area contributed by atoms with Crippen molar-refractivity contribution < 1.29 is 14.6 Å². The largest absolute Gasteiger partial charge is 0.395 e. The van der Waals surface area contributed by atoms with Crippen LogP contribution in [0.5, 0.6) is 0 Å². The van der Waals surface area contributed by atoms with Gasteiger partial charge in [0.25, 0.3) is 0 Å². The average molecular weight is 249 g/mol. The van der Waals surface area contributed by atoms with Crippen molar-refractivity contribution in [3.05, 3.63) is 0 Å². The van der Waals surface area contributed by atoms with Crippen molar-refractivity contribution in [1.29, 1.82) is 0 Å². The fourth-order valence-electron chi connectivity index (χ4n) is 1.70. The summed E-state index contributed by atoms with van der Waals surface area (Å²) in [6.45, 7) is 7.43. The van der Waals surface area contributed by atoms with Gasteiger partial charge in [0, 0.05) is 11.3 Å². The summed E-state index contributed by atoms with van der Waals surface area (Å²) in [6, 6.07) is 0.461. The van der Waals surface area contributed by atoms with Crippen molar-refractivity contribution in [2.24, 2.45) is 0 Å². The second-order valence-corrected chi connectivity index (χ2v) is 5.71. The number of aliphatic hydroxyl groups excluding tert-OH is 1. The molecule has 1 rings (SSSR count). The van der Waals surface area contributed by atoms with Gasteiger partial charge >= 0.3 is 0 Å². The molecule has 0 aromatic carbocycles. The van der Waals surface area contributed by atoms with E-state index in [0.717, 1.165) is 0 Å². The van der Waals surface area contributed by atoms with Crippen molar-refractivity contribution in [2.45, 2.75) is 43.9 Å². The number of aliphatic hydroxyl groups is 1. The Morgan fingerprint density at radius 3 is 2.44 bits per heavy atom. The van der Waals surface area contributed by atoms with Crippen molar-refractivity contribution in [3.63, 3.8) is 0 Å². The molecule has 0 bridgehead atoms. The highest BCUT2D eigenvalue weighted by Gasteiger charge is 2.29. The first kappa shape index (κ1) is 14.3. The lowest BCUT2D eigenvalue weighted by Crippen LogP contribution is -2.53. The summed E-state index contributed by atoms with van der Waals surface area (Å²) < 4.78 is 11.1. The molecule has 0 aromatic rings. The maximum atomic E-state index is 9.19. The predicted octanol–water partition coefficient (Wildman–Crippen LogP) is 0.840. The molecule has 0 saturated carbocycles. The van der Waals surface area contributed by atoms with Crippen LogP contribution >= 0.6 is 11.8 Å². The molecular weight excluding hydrogens is 226 g/mol. The summed E-state index contributed by atoms with van der Waals surface area (Å²) in [7, 11) is 0. The Balaban J connectivity index is 2.33. The van der Waals surface area contributed by atoms with Crippen LogP contribution in [-0.4, -0.2) is 54.3 Å². The predicted molar refractivity (Wildman–Crippen MR) is 66.8 cm³/mol. The molecular formula is C11H23NO3S. The smallest absolute Gasteiger partial charge is 0.162 e. The first-order valence-electron chi connectivity index (χ1n) is 5.66. The molecule has 2 unspecified atom stereocenters. The van der Waals surface area contributed by atoms with Gasteiger partial charge in [-0.3, -0.25) is 0 Å². The number of ether oxygens (including phenoxy) is 2. The summed E-state index contributed by atoms with van der Waals surface area (Å²) >= 11 is 1.67. The zero-order chi connectivity index (χ0) is 12.2. The van der Waals surface area contributed by atoms with Crippen LogP contribution in [0.3, 0.4) is 0 Å². The van der Waals surface area contributed by atoms with Crippen LogP contribution in [0.2, 0.25) is 0 Å². The molecule has 0 spiro atoms. The van der Waals surface area contributed by atoms with Gasteiger partial charge in [-0.2, -0.15) is 11.8 Å². The van der Waals surface area contributed by atoms with E-state index in [1.807, 2.05) is 20.1 Å². The third-order valence-corrected chi connectivity index (χ3v) is 3.97. The van der Waals surface area contributed by atoms with Gasteiger partial charge in [0.05, 0.1) is 25.9 Å². The van der Waals surface area contributed by atoms with Gasteiger partial charge in [-0.15, -0.1) is 0 Å². The van der Waals surface area contributed by atoms with Crippen LogP contribution in [0.25, 0.3) is 0 Å². The summed E-state index contributed by atoms with van der Waals surface area (Å²) in [5.41, 5.74) is 0. The topological polar surface area (TPSA) is 50.7 Å². The molecule has 16 heavy (non-hydrogen) atoms. The first-order valence-corrected chi connectivity index (χ1v) is 6.95. The normalized spacial score (nSPS) is 25.3. The van der Waals surface area contributed by atoms with E-state index in [2.05, 4.69) is 12.2 Å². The monoisotopic (exact) mass is 249 g/mol. The second kappa shape index (κ2) is 6.21. The van der Waals surface area contributed by atoms with Crippen molar-refractivity contribution in [2.75, 3.05) is 26.1 Å². The molecule has 1 saturated heterocycles. The molecule has 4 nitrogen and oxygen atoms in total. The molecule has 0 aromatic heterocycles. The fraction of sp³-hybridized carbons (Fsp3) is 1.00. The average Bonchev–Trinajstić information content (AvgIpc) is 2.23. The standard InChI is InChI=1S/C11H23NO3S/c1-8(10(5-13)16-4)12-9-6-14-11(2,3)15-7-9/h8-10,12-13H,5-7H2,1-4H3. The summed E-state index contributed by atoms with van der Waals surface area (Å²) in [6.07, 6.45) is 2.01. The van der Waals surface area contributed by atoms with Crippen LogP contribution in [0.15, 0.2) is 0 Å². The van der Waals surface area contributed by atoms with Gasteiger partial charge in [0.1, 0.15) is 0 Å². The van der Waals surface area contributed by atoms with E-state index in [0.29, 0.717) is 13.2 Å². The van der Waals surface area contributed by atoms with Crippen LogP contribution in [-0.2, 0) is 9.47 Å². The van der Waals surface area contributed by atoms with E-state index in [-0.39, 0.29) is 23.9 Å². The molecule has 0 radical (unpaired) electrons. The zero-order valence-electron chi connectivity index (χ0n) is 10.5. The molecule has 1 heterocycles. The third-order valence-electron chi connectivity index (χ3n) is 2.80. The SMILES string of the molecule is CSC(CO)C(C)NC1COC(C)(C)OC1. The molecule has 1 aliphatic heterocycles. The molecule has 0 amide bonds. The highest BCUT2D eigenvalue weighted by Crippen LogP contribution is 2.18. The van der Waals surface area contributed by atoms with Gasteiger partial charge < -0.3 is 19.9 Å². The Labute approximate surface area is 102 Å². The summed E-state index contributed by atoms with van der Waals surface area (Å²) in [5.74, 6) is -0.461.